The molecule has 0 saturated carbocycles. The number of hydrogen-bond acceptors (Lipinski definition) is 3. The van der Waals surface area contributed by atoms with Crippen LogP contribution in [-0.2, 0) is 6.54 Å². The minimum Gasteiger partial charge on any atom is -0.454 e. The van der Waals surface area contributed by atoms with Crippen molar-refractivity contribution in [1.82, 2.24) is 10.3 Å². The van der Waals surface area contributed by atoms with E-state index in [1.165, 1.54) is 6.07 Å². The Bertz CT molecular complexity index is 620. The van der Waals surface area contributed by atoms with E-state index in [0.29, 0.717) is 12.3 Å². The van der Waals surface area contributed by atoms with Gasteiger partial charge in [0.2, 0.25) is 0 Å². The molecule has 0 fully saturated rings. The molecule has 1 aromatic carbocycles. The highest BCUT2D eigenvalue weighted by Crippen LogP contribution is 2.25. The van der Waals surface area contributed by atoms with E-state index in [1.54, 1.807) is 24.4 Å². The smallest absolute Gasteiger partial charge is 0.165 e. The Hall–Kier alpha value is -1.94. The maximum atomic E-state index is 13.7. The molecule has 1 N–H and O–H groups in total. The molecule has 0 spiro atoms. The number of halogens is 1. The summed E-state index contributed by atoms with van der Waals surface area (Å²) < 4.78 is 19.3. The normalized spacial score (nSPS) is 11.5. The fourth-order valence-corrected chi connectivity index (χ4v) is 1.79. The molecule has 0 atom stereocenters. The molecule has 2 aromatic rings. The van der Waals surface area contributed by atoms with Gasteiger partial charge in [0.05, 0.1) is 5.69 Å². The highest BCUT2D eigenvalue weighted by Gasteiger charge is 2.10. The fourth-order valence-electron chi connectivity index (χ4n) is 1.79. The summed E-state index contributed by atoms with van der Waals surface area (Å²) in [4.78, 5) is 4.29. The van der Waals surface area contributed by atoms with Crippen molar-refractivity contribution in [2.45, 2.75) is 39.8 Å². The van der Waals surface area contributed by atoms with Gasteiger partial charge in [0.1, 0.15) is 5.75 Å². The zero-order chi connectivity index (χ0) is 15.5. The van der Waals surface area contributed by atoms with E-state index in [9.17, 15) is 4.39 Å². The molecule has 112 valence electrons. The lowest BCUT2D eigenvalue weighted by atomic mass is 10.1. The van der Waals surface area contributed by atoms with Gasteiger partial charge in [-0.2, -0.15) is 0 Å². The van der Waals surface area contributed by atoms with Gasteiger partial charge in [0, 0.05) is 24.3 Å². The summed E-state index contributed by atoms with van der Waals surface area (Å²) in [6, 6.07) is 8.35. The molecule has 1 aromatic heterocycles. The molecule has 0 bridgehead atoms. The lowest BCUT2D eigenvalue weighted by Crippen LogP contribution is -2.35. The van der Waals surface area contributed by atoms with E-state index >= 15 is 0 Å². The summed E-state index contributed by atoms with van der Waals surface area (Å²) in [5.41, 5.74) is 1.83. The first kappa shape index (κ1) is 15.4. The molecule has 0 aliphatic rings. The number of aromatic nitrogens is 1. The Balaban J connectivity index is 2.12. The van der Waals surface area contributed by atoms with E-state index in [0.717, 1.165) is 11.3 Å². The molecular formula is C17H21FN2O. The molecule has 0 radical (unpaired) electrons. The van der Waals surface area contributed by atoms with Crippen LogP contribution in [0.1, 0.15) is 32.0 Å². The largest absolute Gasteiger partial charge is 0.454 e. The summed E-state index contributed by atoms with van der Waals surface area (Å²) in [7, 11) is 0. The minimum atomic E-state index is -0.369. The standard InChI is InChI=1S/C17H21FN2O/c1-12-5-6-15(18)16(9-12)21-14-7-8-19-13(10-14)11-20-17(2,3)4/h5-10,20H,11H2,1-4H3. The first-order valence-electron chi connectivity index (χ1n) is 6.97. The first-order valence-corrected chi connectivity index (χ1v) is 6.97. The third kappa shape index (κ3) is 4.83. The molecule has 3 nitrogen and oxygen atoms in total. The number of nitrogens with one attached hydrogen (secondary N) is 1. The van der Waals surface area contributed by atoms with Crippen LogP contribution in [0.4, 0.5) is 4.39 Å². The second-order valence-corrected chi connectivity index (χ2v) is 6.12. The molecular weight excluding hydrogens is 267 g/mol. The molecule has 21 heavy (non-hydrogen) atoms. The third-order valence-electron chi connectivity index (χ3n) is 2.90. The van der Waals surface area contributed by atoms with Gasteiger partial charge in [-0.3, -0.25) is 4.98 Å². The van der Waals surface area contributed by atoms with Crippen molar-refractivity contribution in [3.05, 3.63) is 53.6 Å². The lowest BCUT2D eigenvalue weighted by Gasteiger charge is -2.20. The van der Waals surface area contributed by atoms with Crippen molar-refractivity contribution >= 4 is 0 Å². The van der Waals surface area contributed by atoms with Crippen LogP contribution in [-0.4, -0.2) is 10.5 Å². The average molecular weight is 288 g/mol. The number of benzene rings is 1. The Morgan fingerprint density at radius 3 is 2.67 bits per heavy atom. The van der Waals surface area contributed by atoms with Gasteiger partial charge in [-0.25, -0.2) is 4.39 Å². The molecule has 0 aliphatic carbocycles. The predicted octanol–water partition coefficient (Wildman–Crippen LogP) is 4.21. The van der Waals surface area contributed by atoms with Crippen molar-refractivity contribution in [3.63, 3.8) is 0 Å². The number of ether oxygens (including phenoxy) is 1. The van der Waals surface area contributed by atoms with Crippen LogP contribution in [0.5, 0.6) is 11.5 Å². The molecule has 0 aliphatic heterocycles. The zero-order valence-electron chi connectivity index (χ0n) is 12.9. The highest BCUT2D eigenvalue weighted by molar-refractivity contribution is 5.35. The second-order valence-electron chi connectivity index (χ2n) is 6.12. The van der Waals surface area contributed by atoms with E-state index in [4.69, 9.17) is 4.74 Å². The molecule has 4 heteroatoms. The van der Waals surface area contributed by atoms with Crippen molar-refractivity contribution in [3.8, 4) is 11.5 Å². The molecule has 0 saturated heterocycles. The summed E-state index contributed by atoms with van der Waals surface area (Å²) in [5, 5.41) is 3.36. The first-order chi connectivity index (χ1) is 9.83. The summed E-state index contributed by atoms with van der Waals surface area (Å²) in [6.45, 7) is 8.81. The Labute approximate surface area is 125 Å². The monoisotopic (exact) mass is 288 g/mol. The number of aryl methyl sites for hydroxylation is 1. The maximum absolute atomic E-state index is 13.7. The van der Waals surface area contributed by atoms with E-state index in [2.05, 4.69) is 31.1 Å². The predicted molar refractivity (Wildman–Crippen MR) is 82.0 cm³/mol. The van der Waals surface area contributed by atoms with E-state index in [-0.39, 0.29) is 17.1 Å². The lowest BCUT2D eigenvalue weighted by molar-refractivity contribution is 0.417. The Morgan fingerprint density at radius 2 is 1.95 bits per heavy atom. The third-order valence-corrected chi connectivity index (χ3v) is 2.90. The molecule has 0 amide bonds. The number of pyridine rings is 1. The van der Waals surface area contributed by atoms with Crippen LogP contribution in [0, 0.1) is 12.7 Å². The Morgan fingerprint density at radius 1 is 1.19 bits per heavy atom. The fraction of sp³-hybridized carbons (Fsp3) is 0.353. The number of hydrogen-bond donors (Lipinski definition) is 1. The maximum Gasteiger partial charge on any atom is 0.165 e. The van der Waals surface area contributed by atoms with E-state index < -0.39 is 0 Å². The van der Waals surface area contributed by atoms with Gasteiger partial charge in [0.15, 0.2) is 11.6 Å². The topological polar surface area (TPSA) is 34.1 Å². The Kier molecular flexibility index (Phi) is 4.58. The summed E-state index contributed by atoms with van der Waals surface area (Å²) >= 11 is 0. The summed E-state index contributed by atoms with van der Waals surface area (Å²) in [6.07, 6.45) is 1.67. The number of rotatable bonds is 4. The van der Waals surface area contributed by atoms with Crippen molar-refractivity contribution < 1.29 is 9.13 Å². The van der Waals surface area contributed by atoms with Gasteiger partial charge >= 0.3 is 0 Å². The van der Waals surface area contributed by atoms with Gasteiger partial charge in [0.25, 0.3) is 0 Å². The van der Waals surface area contributed by atoms with Crippen LogP contribution in [0.2, 0.25) is 0 Å². The van der Waals surface area contributed by atoms with Crippen molar-refractivity contribution in [2.24, 2.45) is 0 Å². The van der Waals surface area contributed by atoms with Crippen molar-refractivity contribution in [2.75, 3.05) is 0 Å². The highest BCUT2D eigenvalue weighted by atomic mass is 19.1. The molecule has 1 heterocycles. The van der Waals surface area contributed by atoms with Crippen LogP contribution >= 0.6 is 0 Å². The molecule has 0 unspecified atom stereocenters. The van der Waals surface area contributed by atoms with Gasteiger partial charge < -0.3 is 10.1 Å². The molecule has 2 rings (SSSR count). The zero-order valence-corrected chi connectivity index (χ0v) is 12.9. The van der Waals surface area contributed by atoms with Gasteiger partial charge in [-0.1, -0.05) is 6.07 Å². The van der Waals surface area contributed by atoms with Crippen LogP contribution in [0.3, 0.4) is 0 Å². The van der Waals surface area contributed by atoms with Crippen molar-refractivity contribution in [1.29, 1.82) is 0 Å². The van der Waals surface area contributed by atoms with E-state index in [1.807, 2.05) is 13.0 Å². The van der Waals surface area contributed by atoms with Crippen LogP contribution in [0.25, 0.3) is 0 Å². The van der Waals surface area contributed by atoms with Crippen LogP contribution in [0.15, 0.2) is 36.5 Å². The quantitative estimate of drug-likeness (QED) is 0.915. The second kappa shape index (κ2) is 6.22. The minimum absolute atomic E-state index is 0.0151. The average Bonchev–Trinajstić information content (AvgIpc) is 2.40. The van der Waals surface area contributed by atoms with Gasteiger partial charge in [-0.05, 0) is 51.5 Å². The number of nitrogens with zero attached hydrogens (tertiary/aromatic N) is 1. The van der Waals surface area contributed by atoms with Crippen LogP contribution < -0.4 is 10.1 Å². The SMILES string of the molecule is Cc1ccc(F)c(Oc2ccnc(CNC(C)(C)C)c2)c1. The van der Waals surface area contributed by atoms with Gasteiger partial charge in [-0.15, -0.1) is 0 Å². The summed E-state index contributed by atoms with van der Waals surface area (Å²) in [5.74, 6) is 0.447.